The highest BCUT2D eigenvalue weighted by molar-refractivity contribution is 5.94. The number of methoxy groups -OCH3 is 1. The Labute approximate surface area is 139 Å². The minimum Gasteiger partial charge on any atom is -0.497 e. The van der Waals surface area contributed by atoms with Crippen LogP contribution in [0, 0.1) is 5.82 Å². The Hall–Kier alpha value is -2.95. The second-order valence-corrected chi connectivity index (χ2v) is 5.55. The van der Waals surface area contributed by atoms with Crippen molar-refractivity contribution in [3.63, 3.8) is 0 Å². The van der Waals surface area contributed by atoms with E-state index < -0.39 is 0 Å². The lowest BCUT2D eigenvalue weighted by Crippen LogP contribution is -2.27. The summed E-state index contributed by atoms with van der Waals surface area (Å²) < 4.78 is 18.4. The van der Waals surface area contributed by atoms with Gasteiger partial charge in [-0.2, -0.15) is 0 Å². The third-order valence-electron chi connectivity index (χ3n) is 3.77. The third kappa shape index (κ3) is 3.35. The minimum absolute atomic E-state index is 0.211. The van der Waals surface area contributed by atoms with Gasteiger partial charge in [-0.25, -0.2) is 9.37 Å². The van der Waals surface area contributed by atoms with E-state index in [1.54, 1.807) is 38.4 Å². The lowest BCUT2D eigenvalue weighted by atomic mass is 10.1. The van der Waals surface area contributed by atoms with Gasteiger partial charge in [-0.3, -0.25) is 4.79 Å². The van der Waals surface area contributed by atoms with Gasteiger partial charge < -0.3 is 9.64 Å². The molecule has 1 aromatic heterocycles. The maximum Gasteiger partial charge on any atom is 0.272 e. The van der Waals surface area contributed by atoms with Crippen molar-refractivity contribution in [3.05, 3.63) is 71.7 Å². The zero-order valence-electron chi connectivity index (χ0n) is 13.5. The molecule has 0 N–H and O–H groups in total. The lowest BCUT2D eigenvalue weighted by molar-refractivity contribution is 0.0779. The molecule has 1 heterocycles. The van der Waals surface area contributed by atoms with Gasteiger partial charge in [0.05, 0.1) is 12.6 Å². The Morgan fingerprint density at radius 2 is 2.00 bits per heavy atom. The van der Waals surface area contributed by atoms with Crippen LogP contribution < -0.4 is 4.74 Å². The summed E-state index contributed by atoms with van der Waals surface area (Å²) in [5.41, 5.74) is 1.81. The standard InChI is InChI=1S/C19H17FN2O2/c1-22(12-13-4-3-5-15(20)10-13)19(23)18-8-6-14-11-16(24-2)7-9-17(14)21-18/h3-11H,12H2,1-2H3. The van der Waals surface area contributed by atoms with E-state index in [9.17, 15) is 9.18 Å². The van der Waals surface area contributed by atoms with E-state index in [1.165, 1.54) is 17.0 Å². The Bertz CT molecular complexity index is 895. The SMILES string of the molecule is COc1ccc2nc(C(=O)N(C)Cc3cccc(F)c3)ccc2c1. The zero-order chi connectivity index (χ0) is 17.1. The number of halogens is 1. The zero-order valence-corrected chi connectivity index (χ0v) is 13.5. The van der Waals surface area contributed by atoms with Crippen LogP contribution in [0.2, 0.25) is 0 Å². The Morgan fingerprint density at radius 3 is 2.75 bits per heavy atom. The molecule has 0 saturated heterocycles. The number of amides is 1. The summed E-state index contributed by atoms with van der Waals surface area (Å²) in [4.78, 5) is 18.5. The molecule has 2 aromatic carbocycles. The Balaban J connectivity index is 1.82. The van der Waals surface area contributed by atoms with Gasteiger partial charge in [0, 0.05) is 19.0 Å². The van der Waals surface area contributed by atoms with Crippen LogP contribution in [0.1, 0.15) is 16.1 Å². The molecular weight excluding hydrogens is 307 g/mol. The van der Waals surface area contributed by atoms with Crippen LogP contribution in [0.15, 0.2) is 54.6 Å². The predicted octanol–water partition coefficient (Wildman–Crippen LogP) is 3.65. The van der Waals surface area contributed by atoms with Gasteiger partial charge in [0.15, 0.2) is 0 Å². The van der Waals surface area contributed by atoms with Crippen LogP contribution >= 0.6 is 0 Å². The third-order valence-corrected chi connectivity index (χ3v) is 3.77. The quantitative estimate of drug-likeness (QED) is 0.735. The second-order valence-electron chi connectivity index (χ2n) is 5.55. The van der Waals surface area contributed by atoms with Crippen molar-refractivity contribution in [2.75, 3.05) is 14.2 Å². The summed E-state index contributed by atoms with van der Waals surface area (Å²) in [6.07, 6.45) is 0. The van der Waals surface area contributed by atoms with Crippen molar-refractivity contribution in [1.82, 2.24) is 9.88 Å². The number of nitrogens with zero attached hydrogens (tertiary/aromatic N) is 2. The molecule has 3 aromatic rings. The predicted molar refractivity (Wildman–Crippen MR) is 90.5 cm³/mol. The molecule has 0 unspecified atom stereocenters. The number of carbonyl (C=O) groups excluding carboxylic acids is 1. The molecule has 0 aliphatic heterocycles. The van der Waals surface area contributed by atoms with E-state index in [0.717, 1.165) is 22.2 Å². The van der Waals surface area contributed by atoms with Crippen molar-refractivity contribution in [1.29, 1.82) is 0 Å². The first-order valence-electron chi connectivity index (χ1n) is 7.51. The number of aromatic nitrogens is 1. The van der Waals surface area contributed by atoms with Crippen molar-refractivity contribution in [3.8, 4) is 5.75 Å². The van der Waals surface area contributed by atoms with Crippen LogP contribution in [0.25, 0.3) is 10.9 Å². The van der Waals surface area contributed by atoms with Crippen LogP contribution in [-0.2, 0) is 6.54 Å². The van der Waals surface area contributed by atoms with Crippen molar-refractivity contribution >= 4 is 16.8 Å². The monoisotopic (exact) mass is 324 g/mol. The molecule has 0 aliphatic rings. The summed E-state index contributed by atoms with van der Waals surface area (Å²) in [6.45, 7) is 0.318. The highest BCUT2D eigenvalue weighted by Gasteiger charge is 2.14. The Kier molecular flexibility index (Phi) is 4.42. The van der Waals surface area contributed by atoms with Gasteiger partial charge in [0.2, 0.25) is 0 Å². The van der Waals surface area contributed by atoms with Gasteiger partial charge >= 0.3 is 0 Å². The molecule has 4 nitrogen and oxygen atoms in total. The highest BCUT2D eigenvalue weighted by atomic mass is 19.1. The first-order chi connectivity index (χ1) is 11.6. The van der Waals surface area contributed by atoms with E-state index >= 15 is 0 Å². The molecule has 3 rings (SSSR count). The van der Waals surface area contributed by atoms with Crippen LogP contribution in [0.5, 0.6) is 5.75 Å². The van der Waals surface area contributed by atoms with Gasteiger partial charge in [-0.1, -0.05) is 18.2 Å². The number of hydrogen-bond acceptors (Lipinski definition) is 3. The maximum absolute atomic E-state index is 13.3. The summed E-state index contributed by atoms with van der Waals surface area (Å²) >= 11 is 0. The molecule has 1 amide bonds. The number of rotatable bonds is 4. The number of fused-ring (bicyclic) bond motifs is 1. The number of pyridine rings is 1. The molecule has 0 fully saturated rings. The normalized spacial score (nSPS) is 10.6. The number of benzene rings is 2. The van der Waals surface area contributed by atoms with Crippen molar-refractivity contribution in [2.24, 2.45) is 0 Å². The molecule has 0 saturated carbocycles. The topological polar surface area (TPSA) is 42.4 Å². The Morgan fingerprint density at radius 1 is 1.17 bits per heavy atom. The average Bonchev–Trinajstić information content (AvgIpc) is 2.60. The summed E-state index contributed by atoms with van der Waals surface area (Å²) in [5.74, 6) is 0.217. The molecule has 0 aliphatic carbocycles. The van der Waals surface area contributed by atoms with E-state index in [0.29, 0.717) is 12.2 Å². The minimum atomic E-state index is -0.314. The van der Waals surface area contributed by atoms with Crippen molar-refractivity contribution in [2.45, 2.75) is 6.54 Å². The molecule has 0 spiro atoms. The lowest BCUT2D eigenvalue weighted by Gasteiger charge is -2.17. The molecule has 122 valence electrons. The second kappa shape index (κ2) is 6.66. The smallest absolute Gasteiger partial charge is 0.272 e. The van der Waals surface area contributed by atoms with Gasteiger partial charge in [0.1, 0.15) is 17.3 Å². The number of ether oxygens (including phenoxy) is 1. The molecule has 0 radical (unpaired) electrons. The van der Waals surface area contributed by atoms with Crippen molar-refractivity contribution < 1.29 is 13.9 Å². The fourth-order valence-corrected chi connectivity index (χ4v) is 2.53. The molecule has 0 bridgehead atoms. The summed E-state index contributed by atoms with van der Waals surface area (Å²) in [7, 11) is 3.28. The number of hydrogen-bond donors (Lipinski definition) is 0. The van der Waals surface area contributed by atoms with Crippen LogP contribution in [-0.4, -0.2) is 29.9 Å². The fraction of sp³-hybridized carbons (Fsp3) is 0.158. The van der Waals surface area contributed by atoms with Gasteiger partial charge in [-0.15, -0.1) is 0 Å². The first kappa shape index (κ1) is 15.9. The highest BCUT2D eigenvalue weighted by Crippen LogP contribution is 2.20. The molecular formula is C19H17FN2O2. The van der Waals surface area contributed by atoms with E-state index in [4.69, 9.17) is 4.74 Å². The van der Waals surface area contributed by atoms with Crippen LogP contribution in [0.3, 0.4) is 0 Å². The maximum atomic E-state index is 13.3. The molecule has 0 atom stereocenters. The van der Waals surface area contributed by atoms with Gasteiger partial charge in [-0.05, 0) is 42.0 Å². The fourth-order valence-electron chi connectivity index (χ4n) is 2.53. The average molecular weight is 324 g/mol. The van der Waals surface area contributed by atoms with E-state index in [-0.39, 0.29) is 11.7 Å². The van der Waals surface area contributed by atoms with E-state index in [2.05, 4.69) is 4.98 Å². The van der Waals surface area contributed by atoms with Crippen LogP contribution in [0.4, 0.5) is 4.39 Å². The summed E-state index contributed by atoms with van der Waals surface area (Å²) in [5, 5.41) is 0.902. The first-order valence-corrected chi connectivity index (χ1v) is 7.51. The van der Waals surface area contributed by atoms with E-state index in [1.807, 2.05) is 18.2 Å². The number of carbonyl (C=O) groups is 1. The largest absolute Gasteiger partial charge is 0.497 e. The summed E-state index contributed by atoms with van der Waals surface area (Å²) in [6, 6.07) is 15.2. The molecule has 24 heavy (non-hydrogen) atoms. The molecule has 5 heteroatoms. The van der Waals surface area contributed by atoms with Gasteiger partial charge in [0.25, 0.3) is 5.91 Å².